The van der Waals surface area contributed by atoms with E-state index in [1.54, 1.807) is 24.3 Å². The summed E-state index contributed by atoms with van der Waals surface area (Å²) in [6.07, 6.45) is 0. The Kier molecular flexibility index (Phi) is 6.76. The van der Waals surface area contributed by atoms with Crippen molar-refractivity contribution in [2.75, 3.05) is 16.7 Å². The maximum absolute atomic E-state index is 12.9. The first kappa shape index (κ1) is 22.6. The third-order valence-corrected chi connectivity index (χ3v) is 7.48. The molecule has 168 valence electrons. The van der Waals surface area contributed by atoms with Gasteiger partial charge in [-0.15, -0.1) is 16.9 Å². The number of aromatic nitrogens is 2. The van der Waals surface area contributed by atoms with Gasteiger partial charge in [0, 0.05) is 17.5 Å². The average molecular weight is 481 g/mol. The minimum atomic E-state index is -3.76. The molecule has 33 heavy (non-hydrogen) atoms. The third kappa shape index (κ3) is 5.41. The number of hydrogen-bond acceptors (Lipinski definition) is 7. The molecule has 0 fully saturated rings. The van der Waals surface area contributed by atoms with Crippen molar-refractivity contribution in [3.63, 3.8) is 0 Å². The van der Waals surface area contributed by atoms with Crippen molar-refractivity contribution in [3.8, 4) is 0 Å². The van der Waals surface area contributed by atoms with Crippen molar-refractivity contribution in [1.82, 2.24) is 10.2 Å². The van der Waals surface area contributed by atoms with E-state index in [9.17, 15) is 13.2 Å². The summed E-state index contributed by atoms with van der Waals surface area (Å²) in [6.45, 7) is 0. The second-order valence-corrected chi connectivity index (χ2v) is 9.91. The molecular formula is C23H20N4O4S2. The Labute approximate surface area is 195 Å². The van der Waals surface area contributed by atoms with Crippen LogP contribution in [0.4, 0.5) is 11.7 Å². The van der Waals surface area contributed by atoms with Gasteiger partial charge in [-0.3, -0.25) is 14.4 Å². The molecule has 0 unspecified atom stereocenters. The monoisotopic (exact) mass is 480 g/mol. The van der Waals surface area contributed by atoms with Gasteiger partial charge >= 0.3 is 6.01 Å². The van der Waals surface area contributed by atoms with Crippen LogP contribution in [0.15, 0.2) is 99.1 Å². The summed E-state index contributed by atoms with van der Waals surface area (Å²) in [5, 5.41) is 10.3. The Balaban J connectivity index is 1.39. The maximum atomic E-state index is 12.9. The molecule has 1 aromatic heterocycles. The fourth-order valence-electron chi connectivity index (χ4n) is 2.91. The van der Waals surface area contributed by atoms with Gasteiger partial charge in [-0.1, -0.05) is 41.5 Å². The van der Waals surface area contributed by atoms with Crippen LogP contribution in [0.25, 0.3) is 0 Å². The molecule has 0 aliphatic heterocycles. The smallest absolute Gasteiger partial charge is 0.322 e. The second-order valence-electron chi connectivity index (χ2n) is 6.89. The summed E-state index contributed by atoms with van der Waals surface area (Å²) in [7, 11) is -2.28. The number of rotatable bonds is 8. The predicted molar refractivity (Wildman–Crippen MR) is 127 cm³/mol. The number of carbonyl (C=O) groups is 1. The first-order chi connectivity index (χ1) is 15.9. The van der Waals surface area contributed by atoms with Gasteiger partial charge < -0.3 is 4.42 Å². The van der Waals surface area contributed by atoms with Gasteiger partial charge in [0.25, 0.3) is 15.9 Å². The summed E-state index contributed by atoms with van der Waals surface area (Å²) < 4.78 is 32.4. The molecule has 0 saturated heterocycles. The Hall–Kier alpha value is -3.63. The second kappa shape index (κ2) is 9.88. The zero-order chi connectivity index (χ0) is 23.3. The molecule has 0 aliphatic carbocycles. The highest BCUT2D eigenvalue weighted by Gasteiger charge is 2.21. The van der Waals surface area contributed by atoms with Gasteiger partial charge in [0.2, 0.25) is 5.89 Å². The molecule has 4 rings (SSSR count). The van der Waals surface area contributed by atoms with E-state index in [4.69, 9.17) is 4.42 Å². The van der Waals surface area contributed by atoms with Crippen molar-refractivity contribution >= 4 is 39.4 Å². The van der Waals surface area contributed by atoms with Crippen molar-refractivity contribution in [2.45, 2.75) is 15.5 Å². The lowest BCUT2D eigenvalue weighted by Crippen LogP contribution is -2.26. The third-order valence-electron chi connectivity index (χ3n) is 4.69. The molecular weight excluding hydrogens is 460 g/mol. The highest BCUT2D eigenvalue weighted by molar-refractivity contribution is 7.98. The van der Waals surface area contributed by atoms with Crippen LogP contribution in [0.2, 0.25) is 0 Å². The molecule has 0 bridgehead atoms. The first-order valence-corrected chi connectivity index (χ1v) is 12.3. The van der Waals surface area contributed by atoms with E-state index in [-0.39, 0.29) is 16.5 Å². The lowest BCUT2D eigenvalue weighted by molar-refractivity contribution is 0.102. The van der Waals surface area contributed by atoms with Crippen LogP contribution < -0.4 is 9.62 Å². The summed E-state index contributed by atoms with van der Waals surface area (Å²) >= 11 is 1.54. The molecule has 4 aromatic rings. The molecule has 8 nitrogen and oxygen atoms in total. The highest BCUT2D eigenvalue weighted by atomic mass is 32.2. The number of para-hydroxylation sites is 1. The maximum Gasteiger partial charge on any atom is 0.322 e. The summed E-state index contributed by atoms with van der Waals surface area (Å²) in [6, 6.07) is 24.1. The fourth-order valence-corrected chi connectivity index (χ4v) is 4.86. The van der Waals surface area contributed by atoms with Crippen molar-refractivity contribution in [3.05, 3.63) is 96.4 Å². The van der Waals surface area contributed by atoms with Crippen LogP contribution in [0, 0.1) is 0 Å². The van der Waals surface area contributed by atoms with Gasteiger partial charge in [-0.2, -0.15) is 0 Å². The van der Waals surface area contributed by atoms with Crippen LogP contribution in [0.5, 0.6) is 0 Å². The topological polar surface area (TPSA) is 105 Å². The molecule has 1 heterocycles. The summed E-state index contributed by atoms with van der Waals surface area (Å²) in [5.74, 6) is 0.361. The van der Waals surface area contributed by atoms with E-state index >= 15 is 0 Å². The van der Waals surface area contributed by atoms with E-state index in [2.05, 4.69) is 15.5 Å². The lowest BCUT2D eigenvalue weighted by Gasteiger charge is -2.19. The highest BCUT2D eigenvalue weighted by Crippen LogP contribution is 2.23. The molecule has 0 radical (unpaired) electrons. The van der Waals surface area contributed by atoms with Gasteiger partial charge in [0.05, 0.1) is 16.3 Å². The molecule has 0 saturated carbocycles. The van der Waals surface area contributed by atoms with Crippen LogP contribution in [-0.2, 0) is 15.8 Å². The zero-order valence-corrected chi connectivity index (χ0v) is 19.2. The van der Waals surface area contributed by atoms with E-state index < -0.39 is 15.9 Å². The van der Waals surface area contributed by atoms with Crippen LogP contribution in [0.1, 0.15) is 16.2 Å². The summed E-state index contributed by atoms with van der Waals surface area (Å²) in [5.41, 5.74) is 0.798. The number of hydrogen-bond donors (Lipinski definition) is 1. The molecule has 0 spiro atoms. The fraction of sp³-hybridized carbons (Fsp3) is 0.0870. The van der Waals surface area contributed by atoms with Crippen LogP contribution in [-0.4, -0.2) is 31.6 Å². The normalized spacial score (nSPS) is 11.2. The SMILES string of the molecule is CN(c1ccccc1)S(=O)(=O)c1ccc(C(=O)Nc2nnc(CSc3ccccc3)o2)cc1. The number of nitrogens with one attached hydrogen (secondary N) is 1. The van der Waals surface area contributed by atoms with Gasteiger partial charge in [0.15, 0.2) is 0 Å². The molecule has 0 atom stereocenters. The molecule has 3 aromatic carbocycles. The molecule has 0 aliphatic rings. The Morgan fingerprint density at radius 3 is 2.24 bits per heavy atom. The Morgan fingerprint density at radius 2 is 1.58 bits per heavy atom. The quantitative estimate of drug-likeness (QED) is 0.372. The van der Waals surface area contributed by atoms with E-state index in [1.165, 1.54) is 47.4 Å². The number of sulfonamides is 1. The zero-order valence-electron chi connectivity index (χ0n) is 17.6. The van der Waals surface area contributed by atoms with Gasteiger partial charge in [-0.25, -0.2) is 8.42 Å². The Morgan fingerprint density at radius 1 is 0.939 bits per heavy atom. The van der Waals surface area contributed by atoms with Crippen molar-refractivity contribution in [2.24, 2.45) is 0 Å². The predicted octanol–water partition coefficient (Wildman–Crippen LogP) is 4.44. The lowest BCUT2D eigenvalue weighted by atomic mass is 10.2. The molecule has 1 N–H and O–H groups in total. The molecule has 1 amide bonds. The van der Waals surface area contributed by atoms with Crippen LogP contribution in [0.3, 0.4) is 0 Å². The number of amides is 1. The van der Waals surface area contributed by atoms with Crippen molar-refractivity contribution in [1.29, 1.82) is 0 Å². The number of thioether (sulfide) groups is 1. The van der Waals surface area contributed by atoms with Crippen molar-refractivity contribution < 1.29 is 17.6 Å². The van der Waals surface area contributed by atoms with E-state index in [1.807, 2.05) is 36.4 Å². The number of carbonyl (C=O) groups excluding carboxylic acids is 1. The number of anilines is 2. The largest absolute Gasteiger partial charge is 0.407 e. The van der Waals surface area contributed by atoms with Gasteiger partial charge in [-0.05, 0) is 48.5 Å². The standard InChI is InChI=1S/C23H20N4O4S2/c1-27(18-8-4-2-5-9-18)33(29,30)20-14-12-17(13-15-20)22(28)24-23-26-25-21(31-23)16-32-19-10-6-3-7-11-19/h2-15H,16H2,1H3,(H,24,26,28). The average Bonchev–Trinajstić information content (AvgIpc) is 3.30. The Bertz CT molecular complexity index is 1330. The first-order valence-electron chi connectivity index (χ1n) is 9.89. The van der Waals surface area contributed by atoms with E-state index in [0.29, 0.717) is 17.3 Å². The minimum absolute atomic E-state index is 0.0239. The molecule has 10 heteroatoms. The number of benzene rings is 3. The van der Waals surface area contributed by atoms with E-state index in [0.717, 1.165) is 4.90 Å². The number of nitrogens with zero attached hydrogens (tertiary/aromatic N) is 3. The summed E-state index contributed by atoms with van der Waals surface area (Å²) in [4.78, 5) is 13.7. The van der Waals surface area contributed by atoms with Crippen LogP contribution >= 0.6 is 11.8 Å². The van der Waals surface area contributed by atoms with Gasteiger partial charge in [0.1, 0.15) is 0 Å². The minimum Gasteiger partial charge on any atom is -0.407 e.